The number of carbonyl (C=O) groups is 9. The summed E-state index contributed by atoms with van der Waals surface area (Å²) < 4.78 is 34.5. The molecule has 8 rings (SSSR count). The molecule has 0 spiro atoms. The van der Waals surface area contributed by atoms with Gasteiger partial charge in [-0.25, -0.2) is 9.59 Å². The lowest BCUT2D eigenvalue weighted by atomic mass is 10.0. The maximum absolute atomic E-state index is 12.2. The van der Waals surface area contributed by atoms with Gasteiger partial charge in [-0.2, -0.15) is 0 Å². The number of ketones is 2. The van der Waals surface area contributed by atoms with Gasteiger partial charge in [-0.15, -0.1) is 0 Å². The number of benzene rings is 6. The van der Waals surface area contributed by atoms with Gasteiger partial charge in [-0.3, -0.25) is 40.0 Å². The van der Waals surface area contributed by atoms with Crippen molar-refractivity contribution in [3.8, 4) is 23.0 Å². The molecular formula is C90H134N8O20. The summed E-state index contributed by atoms with van der Waals surface area (Å²) in [4.78, 5) is 108. The monoisotopic (exact) mass is 1650 g/mol. The number of hydrogen-bond acceptors (Lipinski definition) is 24. The summed E-state index contributed by atoms with van der Waals surface area (Å²) in [7, 11) is 8.06. The molecule has 654 valence electrons. The van der Waals surface area contributed by atoms with Crippen molar-refractivity contribution in [1.29, 1.82) is 0 Å². The Morgan fingerprint density at radius 2 is 0.949 bits per heavy atom. The first-order chi connectivity index (χ1) is 55.8. The lowest BCUT2D eigenvalue weighted by Gasteiger charge is -2.27. The Labute approximate surface area is 699 Å². The van der Waals surface area contributed by atoms with Crippen LogP contribution in [0.4, 0.5) is 0 Å². The van der Waals surface area contributed by atoms with Crippen LogP contribution in [0.15, 0.2) is 157 Å². The van der Waals surface area contributed by atoms with Crippen molar-refractivity contribution in [2.45, 2.75) is 211 Å². The van der Waals surface area contributed by atoms with E-state index in [9.17, 15) is 53.4 Å². The third-order valence-electron chi connectivity index (χ3n) is 17.2. The van der Waals surface area contributed by atoms with Crippen LogP contribution < -0.4 is 46.6 Å². The van der Waals surface area contributed by atoms with Gasteiger partial charge in [0.2, 0.25) is 5.91 Å². The standard InChI is InChI=1S/C17H25NO5.C17H23NO5.C15H17NO4.C13H19NO2.C13H21NO.C8H11NO.C5H8O2.CH6N2.CH4/c2*1-4-23-17(21)16(20)18(11-5-6-13(2)19)12-14-7-9-15(22-3)10-8-14;1-10(17)13-7-8-16(15(19)14(13)18)9-11-3-5-12(20-2)6-4-11;1-10-3-6-12(7-4-10)9-14-13(16)8-5-11(2)15;1-11-5-7-13(8-6-11)10-14-9-3-4-12(2)15;1-10-8-4-2-7(6-9)3-5-8;1-4-2-3-5(6)7-4;1-3-2;/h7-10,13,19H,4-6,11-12H2,1-3H3;7-10H,4-6,11-12H2,1-3H3;3-6,18H,7-9H2,1-2H3;3-4,6-7,11,15H,5,8-9H2,1-2H3,(H,14,16);5-8,12,14-15H,3-4,9-10H2,1-2H3;2-5H,6,9H2,1H3;4H,2-3H2,1H3;3H,2H2,1H3;1H4. The first-order valence-corrected chi connectivity index (χ1v) is 39.4. The van der Waals surface area contributed by atoms with Crippen LogP contribution in [0, 0.1) is 13.8 Å². The number of nitrogens with one attached hydrogen (secondary N) is 3. The minimum absolute atomic E-state index is 0. The van der Waals surface area contributed by atoms with Crippen molar-refractivity contribution in [3.63, 3.8) is 0 Å². The highest BCUT2D eigenvalue weighted by molar-refractivity contribution is 6.32. The zero-order chi connectivity index (χ0) is 87.6. The molecule has 2 heterocycles. The number of rotatable bonds is 33. The van der Waals surface area contributed by atoms with Gasteiger partial charge in [-0.05, 0) is 216 Å². The van der Waals surface area contributed by atoms with Gasteiger partial charge in [-0.1, -0.05) is 116 Å². The normalized spacial score (nSPS) is 12.9. The van der Waals surface area contributed by atoms with Crippen molar-refractivity contribution < 1.29 is 96.7 Å². The van der Waals surface area contributed by atoms with Crippen molar-refractivity contribution in [1.82, 2.24) is 30.8 Å². The van der Waals surface area contributed by atoms with Crippen LogP contribution in [0.25, 0.3) is 0 Å². The van der Waals surface area contributed by atoms with Gasteiger partial charge in [0.1, 0.15) is 28.8 Å². The lowest BCUT2D eigenvalue weighted by Crippen LogP contribution is -2.38. The Kier molecular flexibility index (Phi) is 57.8. The van der Waals surface area contributed by atoms with Gasteiger partial charge in [0.15, 0.2) is 11.5 Å². The molecule has 0 radical (unpaired) electrons. The average molecular weight is 1650 g/mol. The van der Waals surface area contributed by atoms with Gasteiger partial charge < -0.3 is 89.4 Å². The van der Waals surface area contributed by atoms with Crippen molar-refractivity contribution >= 4 is 53.1 Å². The quantitative estimate of drug-likeness (QED) is 0.00461. The fraction of sp³-hybridized carbons (Fsp3) is 0.478. The van der Waals surface area contributed by atoms with Crippen LogP contribution in [0.3, 0.4) is 0 Å². The van der Waals surface area contributed by atoms with E-state index in [4.69, 9.17) is 49.1 Å². The van der Waals surface area contributed by atoms with E-state index in [-0.39, 0.29) is 68.4 Å². The molecular weight excluding hydrogens is 1510 g/mol. The van der Waals surface area contributed by atoms with E-state index in [1.54, 1.807) is 87.4 Å². The van der Waals surface area contributed by atoms with Gasteiger partial charge in [0, 0.05) is 83.7 Å². The topological polar surface area (TPSA) is 397 Å². The molecule has 1 saturated heterocycles. The summed E-state index contributed by atoms with van der Waals surface area (Å²) in [6.45, 7) is 22.9. The molecule has 4 unspecified atom stereocenters. The van der Waals surface area contributed by atoms with E-state index in [1.165, 1.54) is 45.2 Å². The lowest BCUT2D eigenvalue weighted by molar-refractivity contribution is -0.160. The molecule has 6 aromatic carbocycles. The third kappa shape index (κ3) is 48.8. The number of aryl methyl sites for hydroxylation is 2. The first kappa shape index (κ1) is 107. The van der Waals surface area contributed by atoms with Crippen molar-refractivity contribution in [2.24, 2.45) is 11.6 Å². The second kappa shape index (κ2) is 63.5. The number of cyclic esters (lactones) is 1. The number of esters is 3. The summed E-state index contributed by atoms with van der Waals surface area (Å²) in [6, 6.07) is 46.3. The summed E-state index contributed by atoms with van der Waals surface area (Å²) in [5.74, 6) is 3.43. The maximum Gasteiger partial charge on any atom is 0.397 e. The van der Waals surface area contributed by atoms with E-state index in [2.05, 4.69) is 53.1 Å². The Hall–Kier alpha value is -10.6. The van der Waals surface area contributed by atoms with Crippen LogP contribution in [-0.4, -0.2) is 188 Å². The molecule has 28 heteroatoms. The van der Waals surface area contributed by atoms with Crippen molar-refractivity contribution in [3.05, 3.63) is 201 Å². The van der Waals surface area contributed by atoms with Gasteiger partial charge >= 0.3 is 29.7 Å². The van der Waals surface area contributed by atoms with Crippen molar-refractivity contribution in [2.75, 3.05) is 74.9 Å². The van der Waals surface area contributed by atoms with E-state index in [0.29, 0.717) is 103 Å². The molecule has 4 amide bonds. The molecule has 1 fully saturated rings. The number of nitrogens with two attached hydrogens (primary N) is 2. The number of aliphatic hydroxyl groups excluding tert-OH is 4. The molecule has 28 nitrogen and oxygen atoms in total. The highest BCUT2D eigenvalue weighted by Crippen LogP contribution is 2.23. The third-order valence-corrected chi connectivity index (χ3v) is 17.2. The number of ether oxygens (including phenoxy) is 7. The number of carbonyl (C=O) groups excluding carboxylic acids is 9. The summed E-state index contributed by atoms with van der Waals surface area (Å²) >= 11 is 0. The number of Topliss-reactive ketones (excluding diaryl/α,β-unsaturated/α-hetero) is 2. The molecule has 11 N–H and O–H groups in total. The fourth-order valence-electron chi connectivity index (χ4n) is 10.6. The zero-order valence-electron chi connectivity index (χ0n) is 71.2. The van der Waals surface area contributed by atoms with Crippen LogP contribution in [0.5, 0.6) is 23.0 Å². The highest BCUT2D eigenvalue weighted by atomic mass is 16.6. The Bertz CT molecular complexity index is 3820. The van der Waals surface area contributed by atoms with E-state index >= 15 is 0 Å². The molecule has 118 heavy (non-hydrogen) atoms. The number of amides is 4. The summed E-state index contributed by atoms with van der Waals surface area (Å²) in [5, 5.41) is 43.4. The number of hydrazine groups is 1. The van der Waals surface area contributed by atoms with E-state index in [1.807, 2.05) is 118 Å². The molecule has 6 aromatic rings. The SMILES string of the molecule is C.CC1CCC(=O)O1.CCOC(=O)C(=O)N(CCCC(C)=O)Cc1ccc(OC)cc1.CCOC(=O)C(=O)N(CCCC(C)O)Cc1ccc(OC)cc1.CNN.COc1ccc(CN)cc1.COc1ccc(CN2CCC(C(C)=O)=C(O)C2=O)cc1.Cc1ccc(CNC(=O)CCC(C)O)cc1.Cc1ccc(CNCCCC(C)O)cc1. The minimum Gasteiger partial charge on any atom is -0.503 e. The van der Waals surface area contributed by atoms with Gasteiger partial charge in [0.25, 0.3) is 5.91 Å². The fourth-order valence-corrected chi connectivity index (χ4v) is 10.6. The second-order valence-electron chi connectivity index (χ2n) is 27.6. The van der Waals surface area contributed by atoms with Gasteiger partial charge in [0.05, 0.1) is 66.1 Å². The maximum atomic E-state index is 12.2. The second-order valence-corrected chi connectivity index (χ2v) is 27.6. The zero-order valence-corrected chi connectivity index (χ0v) is 71.2. The largest absolute Gasteiger partial charge is 0.503 e. The van der Waals surface area contributed by atoms with Crippen LogP contribution in [-0.2, 0) is 96.6 Å². The number of nitrogens with zero attached hydrogens (tertiary/aromatic N) is 3. The molecule has 4 atom stereocenters. The number of methoxy groups -OCH3 is 4. The van der Waals surface area contributed by atoms with E-state index < -0.39 is 47.6 Å². The predicted molar refractivity (Wildman–Crippen MR) is 458 cm³/mol. The van der Waals surface area contributed by atoms with Crippen LogP contribution in [0.2, 0.25) is 0 Å². The molecule has 2 aliphatic heterocycles. The summed E-state index contributed by atoms with van der Waals surface area (Å²) in [6.07, 6.45) is 5.91. The Morgan fingerprint density at radius 1 is 0.559 bits per heavy atom. The number of aliphatic hydroxyl groups is 4. The highest BCUT2D eigenvalue weighted by Gasteiger charge is 2.29. The average Bonchev–Trinajstić information content (AvgIpc) is 0.883. The molecule has 0 bridgehead atoms. The summed E-state index contributed by atoms with van der Waals surface area (Å²) in [5.41, 5.74) is 16.6. The Morgan fingerprint density at radius 3 is 1.31 bits per heavy atom. The molecule has 0 saturated carbocycles. The first-order valence-electron chi connectivity index (χ1n) is 39.4. The smallest absolute Gasteiger partial charge is 0.397 e. The predicted octanol–water partition coefficient (Wildman–Crippen LogP) is 11.1. The minimum atomic E-state index is -0.871. The molecule has 0 aromatic heterocycles. The Balaban J connectivity index is 0.00000137. The molecule has 0 aliphatic carbocycles. The number of hydrogen-bond donors (Lipinski definition) is 9. The molecule has 2 aliphatic rings. The van der Waals surface area contributed by atoms with E-state index in [0.717, 1.165) is 77.4 Å². The van der Waals surface area contributed by atoms with Crippen LogP contribution in [0.1, 0.15) is 178 Å². The van der Waals surface area contributed by atoms with Crippen LogP contribution >= 0.6 is 0 Å².